The molecule has 1 aliphatic heterocycles. The molecule has 2 aromatic rings. The summed E-state index contributed by atoms with van der Waals surface area (Å²) in [5.74, 6) is -0.351. The molecule has 0 aromatic heterocycles. The third kappa shape index (κ3) is 3.73. The van der Waals surface area contributed by atoms with E-state index in [1.165, 1.54) is 17.2 Å². The van der Waals surface area contributed by atoms with Crippen molar-refractivity contribution in [3.05, 3.63) is 70.5 Å². The smallest absolute Gasteiger partial charge is 0.239 e. The maximum absolute atomic E-state index is 14.8. The van der Waals surface area contributed by atoms with Crippen LogP contribution in [-0.4, -0.2) is 28.4 Å². The molecule has 2 aliphatic rings. The number of halogens is 3. The Labute approximate surface area is 166 Å². The van der Waals surface area contributed by atoms with Gasteiger partial charge in [0.25, 0.3) is 6.43 Å². The van der Waals surface area contributed by atoms with Gasteiger partial charge in [0.15, 0.2) is 0 Å². The lowest BCUT2D eigenvalue weighted by molar-refractivity contribution is 0.224. The Morgan fingerprint density at radius 3 is 2.71 bits per heavy atom. The molecule has 0 saturated carbocycles. The first-order chi connectivity index (χ1) is 13.6. The van der Waals surface area contributed by atoms with Crippen LogP contribution >= 0.6 is 11.9 Å². The summed E-state index contributed by atoms with van der Waals surface area (Å²) >= 11 is 1.61. The van der Waals surface area contributed by atoms with E-state index < -0.39 is 6.43 Å². The maximum Gasteiger partial charge on any atom is 0.278 e. The van der Waals surface area contributed by atoms with Crippen LogP contribution in [0.2, 0.25) is 0 Å². The molecule has 0 bridgehead atoms. The van der Waals surface area contributed by atoms with Crippen LogP contribution in [0.3, 0.4) is 0 Å². The Morgan fingerprint density at radius 1 is 1.18 bits per heavy atom. The highest BCUT2D eigenvalue weighted by atomic mass is 32.2. The zero-order valence-electron chi connectivity index (χ0n) is 15.4. The summed E-state index contributed by atoms with van der Waals surface area (Å²) in [6.07, 6.45) is 1.39. The first kappa shape index (κ1) is 19.2. The van der Waals surface area contributed by atoms with Crippen LogP contribution < -0.4 is 0 Å². The molecule has 0 fully saturated rings. The molecule has 2 aromatic carbocycles. The van der Waals surface area contributed by atoms with E-state index >= 15 is 0 Å². The lowest BCUT2D eigenvalue weighted by Gasteiger charge is -2.27. The van der Waals surface area contributed by atoms with E-state index in [0.717, 1.165) is 12.8 Å². The van der Waals surface area contributed by atoms with Gasteiger partial charge in [-0.15, -0.1) is 0 Å². The van der Waals surface area contributed by atoms with Gasteiger partial charge in [-0.1, -0.05) is 48.3 Å². The minimum absolute atomic E-state index is 0.0355. The van der Waals surface area contributed by atoms with Gasteiger partial charge >= 0.3 is 0 Å². The van der Waals surface area contributed by atoms with Crippen molar-refractivity contribution in [1.29, 1.82) is 0 Å². The van der Waals surface area contributed by atoms with E-state index in [1.807, 2.05) is 12.3 Å². The van der Waals surface area contributed by atoms with Crippen LogP contribution in [0.5, 0.6) is 0 Å². The molecule has 146 valence electrons. The Hall–Kier alpha value is -2.12. The number of hydrogen-bond donors (Lipinski definition) is 0. The van der Waals surface area contributed by atoms with Gasteiger partial charge in [-0.25, -0.2) is 17.5 Å². The highest BCUT2D eigenvalue weighted by molar-refractivity contribution is 7.96. The summed E-state index contributed by atoms with van der Waals surface area (Å²) in [6, 6.07) is 13.5. The van der Waals surface area contributed by atoms with Gasteiger partial charge < -0.3 is 0 Å². The van der Waals surface area contributed by atoms with Gasteiger partial charge in [-0.3, -0.25) is 0 Å². The highest BCUT2D eigenvalue weighted by Crippen LogP contribution is 2.39. The fraction of sp³-hybridized carbons (Fsp3) is 0.333. The maximum atomic E-state index is 14.8. The third-order valence-electron chi connectivity index (χ3n) is 5.30. The van der Waals surface area contributed by atoms with E-state index in [0.29, 0.717) is 23.4 Å². The van der Waals surface area contributed by atoms with Gasteiger partial charge in [0.1, 0.15) is 11.5 Å². The molecule has 0 amide bonds. The second-order valence-corrected chi connectivity index (χ2v) is 7.77. The quantitative estimate of drug-likeness (QED) is 0.604. The molecule has 0 radical (unpaired) electrons. The monoisotopic (exact) mass is 403 g/mol. The minimum atomic E-state index is -2.63. The number of hydrogen-bond acceptors (Lipinski definition) is 4. The molecule has 4 rings (SSSR count). The molecular weight excluding hydrogens is 383 g/mol. The molecule has 0 saturated heterocycles. The molecule has 1 unspecified atom stereocenters. The molecule has 1 atom stereocenters. The van der Waals surface area contributed by atoms with E-state index in [4.69, 9.17) is 0 Å². The van der Waals surface area contributed by atoms with E-state index in [9.17, 15) is 13.2 Å². The second kappa shape index (κ2) is 8.09. The Balaban J connectivity index is 1.49. The van der Waals surface area contributed by atoms with Gasteiger partial charge in [-0.05, 0) is 36.3 Å². The zero-order valence-corrected chi connectivity index (χ0v) is 16.2. The molecule has 7 heteroatoms. The van der Waals surface area contributed by atoms with Crippen molar-refractivity contribution >= 4 is 23.4 Å². The summed E-state index contributed by atoms with van der Waals surface area (Å²) in [5.41, 5.74) is 3.86. The topological polar surface area (TPSA) is 28.0 Å². The Bertz CT molecular complexity index is 942. The number of fused-ring (bicyclic) bond motifs is 1. The molecule has 0 N–H and O–H groups in total. The Kier molecular flexibility index (Phi) is 5.55. The van der Waals surface area contributed by atoms with Crippen molar-refractivity contribution < 1.29 is 13.2 Å². The van der Waals surface area contributed by atoms with Crippen molar-refractivity contribution in [2.45, 2.75) is 38.3 Å². The number of rotatable bonds is 6. The van der Waals surface area contributed by atoms with E-state index in [2.05, 4.69) is 32.7 Å². The number of nitrogens with zero attached hydrogens (tertiary/aromatic N) is 3. The first-order valence-electron chi connectivity index (χ1n) is 9.15. The van der Waals surface area contributed by atoms with Crippen molar-refractivity contribution in [1.82, 2.24) is 4.31 Å². The average molecular weight is 403 g/mol. The predicted octanol–water partition coefficient (Wildman–Crippen LogP) is 5.41. The molecule has 0 spiro atoms. The summed E-state index contributed by atoms with van der Waals surface area (Å²) in [6.45, 7) is 0.470. The molecule has 3 nitrogen and oxygen atoms in total. The number of aryl methyl sites for hydroxylation is 1. The van der Waals surface area contributed by atoms with E-state index in [1.54, 1.807) is 24.1 Å². The number of alkyl halides is 2. The predicted molar refractivity (Wildman–Crippen MR) is 108 cm³/mol. The van der Waals surface area contributed by atoms with Gasteiger partial charge in [-0.2, -0.15) is 10.2 Å². The molecule has 28 heavy (non-hydrogen) atoms. The largest absolute Gasteiger partial charge is 0.278 e. The third-order valence-corrected chi connectivity index (χ3v) is 6.15. The lowest BCUT2D eigenvalue weighted by Crippen LogP contribution is -2.20. The summed E-state index contributed by atoms with van der Waals surface area (Å²) in [4.78, 5) is 0. The van der Waals surface area contributed by atoms with Crippen LogP contribution in [0.15, 0.2) is 52.7 Å². The minimum Gasteiger partial charge on any atom is -0.239 e. The molecule has 1 aliphatic carbocycles. The fourth-order valence-electron chi connectivity index (χ4n) is 3.81. The van der Waals surface area contributed by atoms with Crippen molar-refractivity contribution in [2.24, 2.45) is 10.2 Å². The SMILES string of the molecule is CSN(Cc1ccc(C2=NN=C(C(F)F)C2)cc1F)C1CCc2ccccc21. The lowest BCUT2D eigenvalue weighted by atomic mass is 10.0. The second-order valence-electron chi connectivity index (χ2n) is 6.93. The first-order valence-corrected chi connectivity index (χ1v) is 10.3. The summed E-state index contributed by atoms with van der Waals surface area (Å²) in [5, 5.41) is 7.29. The van der Waals surface area contributed by atoms with Crippen LogP contribution in [0.25, 0.3) is 0 Å². The average Bonchev–Trinajstić information content (AvgIpc) is 3.35. The van der Waals surface area contributed by atoms with Crippen molar-refractivity contribution in [3.8, 4) is 0 Å². The van der Waals surface area contributed by atoms with Gasteiger partial charge in [0.2, 0.25) is 0 Å². The summed E-state index contributed by atoms with van der Waals surface area (Å²) in [7, 11) is 0. The number of benzene rings is 2. The molecule has 1 heterocycles. The van der Waals surface area contributed by atoms with E-state index in [-0.39, 0.29) is 24.0 Å². The normalized spacial score (nSPS) is 18.6. The van der Waals surface area contributed by atoms with Crippen LogP contribution in [0.1, 0.15) is 41.1 Å². The van der Waals surface area contributed by atoms with Crippen molar-refractivity contribution in [2.75, 3.05) is 6.26 Å². The fourth-order valence-corrected chi connectivity index (χ4v) is 4.55. The van der Waals surface area contributed by atoms with Gasteiger partial charge in [0.05, 0.1) is 5.71 Å². The van der Waals surface area contributed by atoms with Crippen LogP contribution in [0.4, 0.5) is 13.2 Å². The molecular formula is C21H20F3N3S. The summed E-state index contributed by atoms with van der Waals surface area (Å²) < 4.78 is 42.4. The standard InChI is InChI=1S/C21H20F3N3S/c1-28-27(20-9-8-13-4-2-3-5-16(13)20)12-15-7-6-14(10-17(15)22)18-11-19(21(23)24)26-25-18/h2-7,10,20-21H,8-9,11-12H2,1H3. The highest BCUT2D eigenvalue weighted by Gasteiger charge is 2.28. The van der Waals surface area contributed by atoms with Gasteiger partial charge in [0, 0.05) is 30.1 Å². The Morgan fingerprint density at radius 2 is 2.00 bits per heavy atom. The zero-order chi connectivity index (χ0) is 19.7. The van der Waals surface area contributed by atoms with Crippen LogP contribution in [0, 0.1) is 5.82 Å². The van der Waals surface area contributed by atoms with Crippen LogP contribution in [-0.2, 0) is 13.0 Å². The van der Waals surface area contributed by atoms with Crippen molar-refractivity contribution in [3.63, 3.8) is 0 Å².